The third-order valence-corrected chi connectivity index (χ3v) is 5.85. The van der Waals surface area contributed by atoms with Crippen molar-refractivity contribution in [1.82, 2.24) is 4.90 Å². The van der Waals surface area contributed by atoms with Crippen LogP contribution in [0.3, 0.4) is 0 Å². The van der Waals surface area contributed by atoms with Crippen LogP contribution in [0.4, 0.5) is 5.69 Å². The van der Waals surface area contributed by atoms with Gasteiger partial charge in [0.25, 0.3) is 15.9 Å². The van der Waals surface area contributed by atoms with Gasteiger partial charge in [-0.15, -0.1) is 0 Å². The second-order valence-corrected chi connectivity index (χ2v) is 8.02. The van der Waals surface area contributed by atoms with Gasteiger partial charge < -0.3 is 9.64 Å². The van der Waals surface area contributed by atoms with Crippen LogP contribution in [0.1, 0.15) is 5.56 Å². The number of ether oxygens (including phenoxy) is 1. The van der Waals surface area contributed by atoms with Gasteiger partial charge in [0.1, 0.15) is 5.75 Å². The summed E-state index contributed by atoms with van der Waals surface area (Å²) in [4.78, 5) is 13.9. The minimum atomic E-state index is -3.80. The number of nitrogens with zero attached hydrogens (tertiary/aromatic N) is 2. The molecule has 0 N–H and O–H groups in total. The Labute approximate surface area is 147 Å². The topological polar surface area (TPSA) is 66.9 Å². The Morgan fingerprint density at radius 3 is 2.40 bits per heavy atom. The molecule has 0 saturated heterocycles. The van der Waals surface area contributed by atoms with E-state index >= 15 is 0 Å². The Bertz CT molecular complexity index is 892. The predicted octanol–water partition coefficient (Wildman–Crippen LogP) is 2.04. The molecule has 0 radical (unpaired) electrons. The lowest BCUT2D eigenvalue weighted by Crippen LogP contribution is -2.50. The lowest BCUT2D eigenvalue weighted by Gasteiger charge is -2.35. The number of fused-ring (bicyclic) bond motifs is 1. The number of sulfonamides is 1. The van der Waals surface area contributed by atoms with Crippen molar-refractivity contribution in [2.75, 3.05) is 24.9 Å². The summed E-state index contributed by atoms with van der Waals surface area (Å²) in [6.07, 6.45) is -0.884. The van der Waals surface area contributed by atoms with Crippen molar-refractivity contribution < 1.29 is 17.9 Å². The monoisotopic (exact) mass is 360 g/mol. The molecular weight excluding hydrogens is 340 g/mol. The van der Waals surface area contributed by atoms with E-state index < -0.39 is 16.1 Å². The maximum atomic E-state index is 13.1. The molecule has 3 rings (SSSR count). The van der Waals surface area contributed by atoms with Crippen LogP contribution in [-0.4, -0.2) is 46.0 Å². The SMILES string of the molecule is Cc1ccc(S(=O)(=O)N2CC(C(=O)N(C)C)Oc3ccccc32)cc1. The number of hydrogen-bond donors (Lipinski definition) is 0. The minimum Gasteiger partial charge on any atom is -0.476 e. The zero-order valence-corrected chi connectivity index (χ0v) is 15.2. The van der Waals surface area contributed by atoms with Crippen molar-refractivity contribution in [3.8, 4) is 5.75 Å². The molecule has 1 aliphatic rings. The summed E-state index contributed by atoms with van der Waals surface area (Å²) in [5.41, 5.74) is 1.41. The number of amides is 1. The highest BCUT2D eigenvalue weighted by Gasteiger charge is 2.37. The van der Waals surface area contributed by atoms with E-state index in [-0.39, 0.29) is 17.3 Å². The highest BCUT2D eigenvalue weighted by Crippen LogP contribution is 2.37. The van der Waals surface area contributed by atoms with E-state index in [4.69, 9.17) is 4.74 Å². The Morgan fingerprint density at radius 1 is 1.12 bits per heavy atom. The standard InChI is InChI=1S/C18H20N2O4S/c1-13-8-10-14(11-9-13)25(22,23)20-12-17(18(21)19(2)3)24-16-7-5-4-6-15(16)20/h4-11,17H,12H2,1-3H3. The Balaban J connectivity index is 2.07. The van der Waals surface area contributed by atoms with Crippen molar-refractivity contribution in [1.29, 1.82) is 0 Å². The molecule has 1 unspecified atom stereocenters. The first-order valence-electron chi connectivity index (χ1n) is 7.87. The lowest BCUT2D eigenvalue weighted by atomic mass is 10.2. The van der Waals surface area contributed by atoms with E-state index in [1.165, 1.54) is 9.21 Å². The number of carbonyl (C=O) groups excluding carboxylic acids is 1. The first-order chi connectivity index (χ1) is 11.8. The molecule has 25 heavy (non-hydrogen) atoms. The van der Waals surface area contributed by atoms with Gasteiger partial charge in [-0.3, -0.25) is 9.10 Å². The van der Waals surface area contributed by atoms with Crippen LogP contribution in [0.2, 0.25) is 0 Å². The predicted molar refractivity (Wildman–Crippen MR) is 95.3 cm³/mol. The van der Waals surface area contributed by atoms with Crippen molar-refractivity contribution >= 4 is 21.6 Å². The zero-order chi connectivity index (χ0) is 18.2. The molecule has 1 aliphatic heterocycles. The number of rotatable bonds is 3. The summed E-state index contributed by atoms with van der Waals surface area (Å²) in [5.74, 6) is 0.100. The summed E-state index contributed by atoms with van der Waals surface area (Å²) in [6, 6.07) is 13.5. The maximum absolute atomic E-state index is 13.1. The molecule has 0 bridgehead atoms. The van der Waals surface area contributed by atoms with Crippen LogP contribution in [-0.2, 0) is 14.8 Å². The Kier molecular flexibility index (Phi) is 4.43. The molecule has 6 nitrogen and oxygen atoms in total. The van der Waals surface area contributed by atoms with Gasteiger partial charge in [-0.25, -0.2) is 8.42 Å². The van der Waals surface area contributed by atoms with Gasteiger partial charge in [0.05, 0.1) is 17.1 Å². The largest absolute Gasteiger partial charge is 0.476 e. The molecule has 0 fully saturated rings. The quantitative estimate of drug-likeness (QED) is 0.840. The molecule has 7 heteroatoms. The third kappa shape index (κ3) is 3.19. The molecule has 0 aliphatic carbocycles. The number of aryl methyl sites for hydroxylation is 1. The minimum absolute atomic E-state index is 0.0652. The average molecular weight is 360 g/mol. The van der Waals surface area contributed by atoms with Crippen molar-refractivity contribution in [2.24, 2.45) is 0 Å². The molecule has 0 spiro atoms. The normalized spacial score (nSPS) is 16.8. The van der Waals surface area contributed by atoms with Gasteiger partial charge in [0, 0.05) is 14.1 Å². The van der Waals surface area contributed by atoms with Crippen LogP contribution in [0.15, 0.2) is 53.4 Å². The van der Waals surface area contributed by atoms with Crippen LogP contribution in [0.25, 0.3) is 0 Å². The number of carbonyl (C=O) groups is 1. The molecule has 0 aromatic heterocycles. The average Bonchev–Trinajstić information content (AvgIpc) is 2.60. The van der Waals surface area contributed by atoms with Crippen molar-refractivity contribution in [3.05, 3.63) is 54.1 Å². The molecular formula is C18H20N2O4S. The Hall–Kier alpha value is -2.54. The summed E-state index contributed by atoms with van der Waals surface area (Å²) in [6.45, 7) is 1.83. The molecule has 1 amide bonds. The molecule has 2 aromatic rings. The van der Waals surface area contributed by atoms with Crippen molar-refractivity contribution in [2.45, 2.75) is 17.9 Å². The molecule has 132 valence electrons. The highest BCUT2D eigenvalue weighted by molar-refractivity contribution is 7.92. The first kappa shape index (κ1) is 17.3. The molecule has 0 saturated carbocycles. The van der Waals surface area contributed by atoms with E-state index in [1.807, 2.05) is 6.92 Å². The summed E-state index contributed by atoms with van der Waals surface area (Å²) in [5, 5.41) is 0. The second kappa shape index (κ2) is 6.40. The van der Waals surface area contributed by atoms with E-state index in [9.17, 15) is 13.2 Å². The second-order valence-electron chi connectivity index (χ2n) is 6.16. The molecule has 1 heterocycles. The number of benzene rings is 2. The van der Waals surface area contributed by atoms with Crippen LogP contribution in [0.5, 0.6) is 5.75 Å². The van der Waals surface area contributed by atoms with Crippen LogP contribution in [0, 0.1) is 6.92 Å². The number of hydrogen-bond acceptors (Lipinski definition) is 4. The van der Waals surface area contributed by atoms with Crippen molar-refractivity contribution in [3.63, 3.8) is 0 Å². The summed E-state index contributed by atoms with van der Waals surface area (Å²) >= 11 is 0. The number of anilines is 1. The Morgan fingerprint density at radius 2 is 1.76 bits per heavy atom. The van der Waals surface area contributed by atoms with Gasteiger partial charge in [-0.1, -0.05) is 29.8 Å². The fourth-order valence-corrected chi connectivity index (χ4v) is 4.16. The van der Waals surface area contributed by atoms with Crippen LogP contribution < -0.4 is 9.04 Å². The molecule has 2 aromatic carbocycles. The lowest BCUT2D eigenvalue weighted by molar-refractivity contribution is -0.135. The van der Waals surface area contributed by atoms with Crippen LogP contribution >= 0.6 is 0 Å². The maximum Gasteiger partial charge on any atom is 0.265 e. The van der Waals surface area contributed by atoms with Gasteiger partial charge >= 0.3 is 0 Å². The van der Waals surface area contributed by atoms with E-state index in [2.05, 4.69) is 0 Å². The fourth-order valence-electron chi connectivity index (χ4n) is 2.68. The first-order valence-corrected chi connectivity index (χ1v) is 9.31. The smallest absolute Gasteiger partial charge is 0.265 e. The van der Waals surface area contributed by atoms with Gasteiger partial charge in [0.2, 0.25) is 0 Å². The third-order valence-electron chi connectivity index (χ3n) is 4.06. The van der Waals surface area contributed by atoms with E-state index in [0.717, 1.165) is 5.56 Å². The number of likely N-dealkylation sites (N-methyl/N-ethyl adjacent to an activating group) is 1. The molecule has 1 atom stereocenters. The summed E-state index contributed by atoms with van der Waals surface area (Å²) in [7, 11) is -0.570. The van der Waals surface area contributed by atoms with Gasteiger partial charge in [-0.2, -0.15) is 0 Å². The number of para-hydroxylation sites is 2. The summed E-state index contributed by atoms with van der Waals surface area (Å²) < 4.78 is 33.3. The van der Waals surface area contributed by atoms with E-state index in [1.54, 1.807) is 62.6 Å². The van der Waals surface area contributed by atoms with E-state index in [0.29, 0.717) is 11.4 Å². The van der Waals surface area contributed by atoms with Gasteiger partial charge in [-0.05, 0) is 31.2 Å². The fraction of sp³-hybridized carbons (Fsp3) is 0.278. The highest BCUT2D eigenvalue weighted by atomic mass is 32.2. The van der Waals surface area contributed by atoms with Gasteiger partial charge in [0.15, 0.2) is 6.10 Å². The zero-order valence-electron chi connectivity index (χ0n) is 14.3.